The number of methoxy groups -OCH3 is 4. The predicted molar refractivity (Wildman–Crippen MR) is 111 cm³/mol. The molecule has 0 bridgehead atoms. The third kappa shape index (κ3) is 3.57. The molecule has 0 aliphatic rings. The van der Waals surface area contributed by atoms with Crippen LogP contribution in [-0.4, -0.2) is 39.8 Å². The van der Waals surface area contributed by atoms with Gasteiger partial charge in [0.25, 0.3) is 0 Å². The fourth-order valence-corrected chi connectivity index (χ4v) is 3.33. The van der Waals surface area contributed by atoms with Gasteiger partial charge in [-0.05, 0) is 29.8 Å². The van der Waals surface area contributed by atoms with Crippen LogP contribution >= 0.6 is 0 Å². The van der Waals surface area contributed by atoms with Crippen LogP contribution in [0.5, 0.6) is 28.7 Å². The Morgan fingerprint density at radius 2 is 1.45 bits per heavy atom. The van der Waals surface area contributed by atoms with Crippen LogP contribution in [0.25, 0.3) is 22.3 Å². The molecule has 6 heteroatoms. The minimum absolute atomic E-state index is 0.151. The predicted octanol–water partition coefficient (Wildman–Crippen LogP) is 4.57. The molecule has 6 nitrogen and oxygen atoms in total. The first-order chi connectivity index (χ1) is 14.1. The number of carbonyl (C=O) groups excluding carboxylic acids is 1. The third-order valence-electron chi connectivity index (χ3n) is 4.67. The minimum atomic E-state index is 0.151. The van der Waals surface area contributed by atoms with Gasteiger partial charge < -0.3 is 24.1 Å². The number of aldehydes is 1. The molecule has 0 unspecified atom stereocenters. The number of aromatic hydroxyl groups is 1. The molecule has 0 spiro atoms. The molecule has 0 saturated heterocycles. The number of carbonyl (C=O) groups is 1. The number of phenols is 1. The van der Waals surface area contributed by atoms with Gasteiger partial charge in [-0.15, -0.1) is 0 Å². The number of rotatable bonds is 7. The normalized spacial score (nSPS) is 10.3. The molecule has 0 heterocycles. The van der Waals surface area contributed by atoms with E-state index in [9.17, 15) is 9.90 Å². The van der Waals surface area contributed by atoms with Crippen LogP contribution in [0.4, 0.5) is 0 Å². The molecule has 0 atom stereocenters. The summed E-state index contributed by atoms with van der Waals surface area (Å²) in [5.41, 5.74) is 2.89. The highest BCUT2D eigenvalue weighted by molar-refractivity contribution is 5.96. The van der Waals surface area contributed by atoms with Crippen molar-refractivity contribution in [3.05, 3.63) is 54.1 Å². The lowest BCUT2D eigenvalue weighted by molar-refractivity contribution is 0.112. The van der Waals surface area contributed by atoms with E-state index in [0.29, 0.717) is 45.3 Å². The molecule has 29 heavy (non-hydrogen) atoms. The summed E-state index contributed by atoms with van der Waals surface area (Å²) in [7, 11) is 6.03. The molecule has 0 aliphatic carbocycles. The molecule has 0 aromatic heterocycles. The van der Waals surface area contributed by atoms with Crippen molar-refractivity contribution >= 4 is 6.29 Å². The van der Waals surface area contributed by atoms with Crippen LogP contribution in [0.15, 0.2) is 48.5 Å². The topological polar surface area (TPSA) is 74.2 Å². The summed E-state index contributed by atoms with van der Waals surface area (Å²) in [5, 5.41) is 10.3. The average Bonchev–Trinajstić information content (AvgIpc) is 2.77. The van der Waals surface area contributed by atoms with Gasteiger partial charge in [-0.3, -0.25) is 4.79 Å². The fraction of sp³-hybridized carbons (Fsp3) is 0.174. The highest BCUT2D eigenvalue weighted by Crippen LogP contribution is 2.49. The summed E-state index contributed by atoms with van der Waals surface area (Å²) in [4.78, 5) is 11.9. The lowest BCUT2D eigenvalue weighted by Crippen LogP contribution is -2.01. The van der Waals surface area contributed by atoms with E-state index in [2.05, 4.69) is 0 Å². The summed E-state index contributed by atoms with van der Waals surface area (Å²) >= 11 is 0. The number of phenolic OH excluding ortho intramolecular Hbond substituents is 1. The molecular weight excluding hydrogens is 372 g/mol. The van der Waals surface area contributed by atoms with Crippen molar-refractivity contribution in [3.63, 3.8) is 0 Å². The number of hydrogen-bond acceptors (Lipinski definition) is 6. The average molecular weight is 394 g/mol. The Balaban J connectivity index is 2.36. The van der Waals surface area contributed by atoms with Gasteiger partial charge in [-0.2, -0.15) is 0 Å². The zero-order chi connectivity index (χ0) is 21.0. The van der Waals surface area contributed by atoms with E-state index < -0.39 is 0 Å². The van der Waals surface area contributed by atoms with Gasteiger partial charge >= 0.3 is 0 Å². The summed E-state index contributed by atoms with van der Waals surface area (Å²) < 4.78 is 22.0. The minimum Gasteiger partial charge on any atom is -0.507 e. The standard InChI is InChI=1S/C23H22O6/c1-26-19-10-9-14(16-7-5-6-8-18(16)25)11-17(19)21-15(13-24)12-20(27-2)22(28-3)23(21)29-4/h5-13,25H,1-4H3. The van der Waals surface area contributed by atoms with Crippen molar-refractivity contribution < 1.29 is 28.8 Å². The molecule has 0 amide bonds. The lowest BCUT2D eigenvalue weighted by Gasteiger charge is -2.20. The van der Waals surface area contributed by atoms with E-state index in [1.807, 2.05) is 24.3 Å². The quantitative estimate of drug-likeness (QED) is 0.592. The van der Waals surface area contributed by atoms with Gasteiger partial charge in [-0.25, -0.2) is 0 Å². The molecule has 0 aliphatic heterocycles. The van der Waals surface area contributed by atoms with Crippen molar-refractivity contribution in [2.24, 2.45) is 0 Å². The van der Waals surface area contributed by atoms with Gasteiger partial charge in [-0.1, -0.05) is 24.3 Å². The van der Waals surface area contributed by atoms with Crippen LogP contribution in [0, 0.1) is 0 Å². The summed E-state index contributed by atoms with van der Waals surface area (Å²) in [6.45, 7) is 0. The Labute approximate surface area is 169 Å². The second-order valence-corrected chi connectivity index (χ2v) is 6.16. The molecule has 150 valence electrons. The molecule has 3 aromatic rings. The van der Waals surface area contributed by atoms with Crippen LogP contribution in [-0.2, 0) is 0 Å². The Morgan fingerprint density at radius 1 is 0.759 bits per heavy atom. The number of para-hydroxylation sites is 1. The maximum absolute atomic E-state index is 11.9. The summed E-state index contributed by atoms with van der Waals surface area (Å²) in [5.74, 6) is 1.79. The Bertz CT molecular complexity index is 1040. The van der Waals surface area contributed by atoms with Gasteiger partial charge in [0.15, 0.2) is 17.8 Å². The zero-order valence-corrected chi connectivity index (χ0v) is 16.7. The van der Waals surface area contributed by atoms with Crippen LogP contribution < -0.4 is 18.9 Å². The summed E-state index contributed by atoms with van der Waals surface area (Å²) in [6.07, 6.45) is 0.728. The first-order valence-electron chi connectivity index (χ1n) is 8.84. The van der Waals surface area contributed by atoms with E-state index in [4.69, 9.17) is 18.9 Å². The molecule has 0 fully saturated rings. The highest BCUT2D eigenvalue weighted by atomic mass is 16.5. The molecule has 3 rings (SSSR count). The number of hydrogen-bond donors (Lipinski definition) is 1. The largest absolute Gasteiger partial charge is 0.507 e. The van der Waals surface area contributed by atoms with E-state index in [1.165, 1.54) is 21.3 Å². The van der Waals surface area contributed by atoms with E-state index in [1.54, 1.807) is 31.4 Å². The van der Waals surface area contributed by atoms with Crippen LogP contribution in [0.3, 0.4) is 0 Å². The molecule has 3 aromatic carbocycles. The maximum Gasteiger partial charge on any atom is 0.203 e. The van der Waals surface area contributed by atoms with E-state index >= 15 is 0 Å². The lowest BCUT2D eigenvalue weighted by atomic mass is 9.93. The number of ether oxygens (including phenoxy) is 4. The second-order valence-electron chi connectivity index (χ2n) is 6.16. The first kappa shape index (κ1) is 20.1. The fourth-order valence-electron chi connectivity index (χ4n) is 3.33. The smallest absolute Gasteiger partial charge is 0.203 e. The Morgan fingerprint density at radius 3 is 2.03 bits per heavy atom. The van der Waals surface area contributed by atoms with Crippen LogP contribution in [0.1, 0.15) is 10.4 Å². The highest BCUT2D eigenvalue weighted by Gasteiger charge is 2.24. The molecule has 0 radical (unpaired) electrons. The van der Waals surface area contributed by atoms with Gasteiger partial charge in [0.05, 0.1) is 28.4 Å². The molecule has 1 N–H and O–H groups in total. The Hall–Kier alpha value is -3.67. The monoisotopic (exact) mass is 394 g/mol. The van der Waals surface area contributed by atoms with Gasteiger partial charge in [0.2, 0.25) is 5.75 Å². The molecular formula is C23H22O6. The molecule has 0 saturated carbocycles. The summed E-state index contributed by atoms with van der Waals surface area (Å²) in [6, 6.07) is 14.1. The van der Waals surface area contributed by atoms with E-state index in [-0.39, 0.29) is 5.75 Å². The van der Waals surface area contributed by atoms with Crippen molar-refractivity contribution in [2.75, 3.05) is 28.4 Å². The van der Waals surface area contributed by atoms with E-state index in [0.717, 1.165) is 11.8 Å². The van der Waals surface area contributed by atoms with Gasteiger partial charge in [0, 0.05) is 22.3 Å². The third-order valence-corrected chi connectivity index (χ3v) is 4.67. The van der Waals surface area contributed by atoms with Crippen LogP contribution in [0.2, 0.25) is 0 Å². The zero-order valence-electron chi connectivity index (χ0n) is 16.7. The van der Waals surface area contributed by atoms with Crippen molar-refractivity contribution in [1.82, 2.24) is 0 Å². The first-order valence-corrected chi connectivity index (χ1v) is 8.84. The van der Waals surface area contributed by atoms with Gasteiger partial charge in [0.1, 0.15) is 11.5 Å². The van der Waals surface area contributed by atoms with Crippen molar-refractivity contribution in [2.45, 2.75) is 0 Å². The number of benzene rings is 3. The second kappa shape index (κ2) is 8.56. The SMILES string of the molecule is COc1ccc(-c2ccccc2O)cc1-c1c(C=O)cc(OC)c(OC)c1OC. The maximum atomic E-state index is 11.9. The Kier molecular flexibility index (Phi) is 5.93. The van der Waals surface area contributed by atoms with Crippen molar-refractivity contribution in [1.29, 1.82) is 0 Å². The van der Waals surface area contributed by atoms with Crippen molar-refractivity contribution in [3.8, 4) is 51.0 Å².